The molecule has 6 nitrogen and oxygen atoms in total. The summed E-state index contributed by atoms with van der Waals surface area (Å²) in [5, 5.41) is 2.66. The second-order valence-electron chi connectivity index (χ2n) is 6.94. The second kappa shape index (κ2) is 9.99. The van der Waals surface area contributed by atoms with Crippen LogP contribution in [0.3, 0.4) is 0 Å². The number of hydrogen-bond donors (Lipinski definition) is 1. The lowest BCUT2D eigenvalue weighted by Gasteiger charge is -2.31. The first-order valence-electron chi connectivity index (χ1n) is 9.33. The van der Waals surface area contributed by atoms with Gasteiger partial charge in [0.1, 0.15) is 5.82 Å². The number of alkyl halides is 3. The predicted octanol–water partition coefficient (Wildman–Crippen LogP) is 5.02. The van der Waals surface area contributed by atoms with E-state index < -0.39 is 30.2 Å². The fourth-order valence-corrected chi connectivity index (χ4v) is 4.26. The molecule has 1 aliphatic rings. The highest BCUT2D eigenvalue weighted by atomic mass is 79.9. The third-order valence-corrected chi connectivity index (χ3v) is 5.93. The number of carbonyl (C=O) groups excluding carboxylic acids is 2. The summed E-state index contributed by atoms with van der Waals surface area (Å²) >= 11 is 6.66. The topological polar surface area (TPSA) is 71.5 Å². The van der Waals surface area contributed by atoms with Crippen molar-refractivity contribution in [2.45, 2.75) is 19.0 Å². The Morgan fingerprint density at radius 3 is 2.45 bits per heavy atom. The molecule has 0 radical (unpaired) electrons. The summed E-state index contributed by atoms with van der Waals surface area (Å²) < 4.78 is 44.6. The summed E-state index contributed by atoms with van der Waals surface area (Å²) in [5.74, 6) is -0.870. The molecule has 2 aromatic rings. The number of hydrogen-bond acceptors (Lipinski definition) is 5. The molecule has 0 spiro atoms. The molecule has 11 heteroatoms. The highest BCUT2D eigenvalue weighted by Crippen LogP contribution is 2.30. The van der Waals surface area contributed by atoms with Crippen molar-refractivity contribution in [2.75, 3.05) is 29.9 Å². The zero-order valence-corrected chi connectivity index (χ0v) is 19.3. The molecule has 1 fully saturated rings. The van der Waals surface area contributed by atoms with Crippen molar-refractivity contribution in [3.8, 4) is 0 Å². The number of piperidine rings is 1. The summed E-state index contributed by atoms with van der Waals surface area (Å²) in [7, 11) is 0. The fraction of sp³-hybridized carbons (Fsp3) is 0.350. The van der Waals surface area contributed by atoms with Crippen molar-refractivity contribution in [1.82, 2.24) is 4.98 Å². The Labute approximate surface area is 193 Å². The van der Waals surface area contributed by atoms with E-state index in [-0.39, 0.29) is 5.92 Å². The monoisotopic (exact) mass is 563 g/mol. The van der Waals surface area contributed by atoms with Crippen molar-refractivity contribution >= 4 is 55.2 Å². The fourth-order valence-electron chi connectivity index (χ4n) is 3.12. The Hall–Kier alpha value is -2.14. The largest absolute Gasteiger partial charge is 0.455 e. The first-order chi connectivity index (χ1) is 14.6. The van der Waals surface area contributed by atoms with Gasteiger partial charge in [0.05, 0.1) is 17.2 Å². The number of aromatic nitrogens is 1. The Balaban J connectivity index is 1.45. The lowest BCUT2D eigenvalue weighted by Crippen LogP contribution is -2.38. The Morgan fingerprint density at radius 2 is 1.87 bits per heavy atom. The minimum absolute atomic E-state index is 0.377. The molecule has 31 heavy (non-hydrogen) atoms. The van der Waals surface area contributed by atoms with Crippen molar-refractivity contribution in [3.05, 3.63) is 51.0 Å². The van der Waals surface area contributed by atoms with Gasteiger partial charge in [-0.15, -0.1) is 0 Å². The second-order valence-corrected chi connectivity index (χ2v) is 8.71. The van der Waals surface area contributed by atoms with Gasteiger partial charge < -0.3 is 15.0 Å². The van der Waals surface area contributed by atoms with E-state index in [1.165, 1.54) is 6.07 Å². The Morgan fingerprint density at radius 1 is 1.16 bits per heavy atom. The van der Waals surface area contributed by atoms with E-state index in [9.17, 15) is 22.8 Å². The molecule has 1 aromatic carbocycles. The normalized spacial score (nSPS) is 14.9. The van der Waals surface area contributed by atoms with Crippen molar-refractivity contribution in [1.29, 1.82) is 0 Å². The number of halogens is 5. The third kappa shape index (κ3) is 6.42. The number of anilines is 2. The van der Waals surface area contributed by atoms with Crippen LogP contribution in [0, 0.1) is 5.92 Å². The Kier molecular flexibility index (Phi) is 7.58. The number of esters is 1. The highest BCUT2D eigenvalue weighted by molar-refractivity contribution is 9.11. The highest BCUT2D eigenvalue weighted by Gasteiger charge is 2.31. The number of ether oxygens (including phenoxy) is 1. The average Bonchev–Trinajstić information content (AvgIpc) is 2.73. The molecule has 166 valence electrons. The van der Waals surface area contributed by atoms with E-state index >= 15 is 0 Å². The molecule has 0 saturated carbocycles. The number of rotatable bonds is 5. The minimum Gasteiger partial charge on any atom is -0.455 e. The van der Waals surface area contributed by atoms with Crippen LogP contribution in [0.15, 0.2) is 45.5 Å². The molecule has 3 rings (SSSR count). The van der Waals surface area contributed by atoms with Gasteiger partial charge in [0, 0.05) is 28.2 Å². The smallest absolute Gasteiger partial charge is 0.417 e. The van der Waals surface area contributed by atoms with Crippen molar-refractivity contribution in [2.24, 2.45) is 5.92 Å². The molecule has 1 aliphatic heterocycles. The first-order valence-corrected chi connectivity index (χ1v) is 10.9. The molecule has 2 heterocycles. The maximum Gasteiger partial charge on any atom is 0.417 e. The quantitative estimate of drug-likeness (QED) is 0.516. The first kappa shape index (κ1) is 23.5. The van der Waals surface area contributed by atoms with E-state index in [1.54, 1.807) is 18.2 Å². The molecule has 0 atom stereocenters. The number of benzene rings is 1. The lowest BCUT2D eigenvalue weighted by molar-refractivity contribution is -0.152. The summed E-state index contributed by atoms with van der Waals surface area (Å²) in [6, 6.07) is 7.57. The van der Waals surface area contributed by atoms with Crippen LogP contribution in [0.1, 0.15) is 18.4 Å². The lowest BCUT2D eigenvalue weighted by atomic mass is 9.97. The maximum atomic E-state index is 12.7. The van der Waals surface area contributed by atoms with E-state index in [4.69, 9.17) is 4.74 Å². The molecule has 0 unspecified atom stereocenters. The standard InChI is InChI=1S/C20H18Br2F3N3O3/c21-14-2-3-16(15(22)9-14)27-18(29)11-31-19(30)12-5-7-28(8-6-12)17-4-1-13(10-26-17)20(23,24)25/h1-4,9-10,12H,5-8,11H2,(H,27,29). The van der Waals surface area contributed by atoms with Crippen LogP contribution in [-0.4, -0.2) is 36.6 Å². The number of amides is 1. The zero-order valence-electron chi connectivity index (χ0n) is 16.1. The number of nitrogens with one attached hydrogen (secondary N) is 1. The molecule has 0 aliphatic carbocycles. The van der Waals surface area contributed by atoms with Crippen LogP contribution in [0.2, 0.25) is 0 Å². The van der Waals surface area contributed by atoms with Crippen LogP contribution < -0.4 is 10.2 Å². The van der Waals surface area contributed by atoms with E-state index in [1.807, 2.05) is 4.90 Å². The van der Waals surface area contributed by atoms with Crippen LogP contribution in [-0.2, 0) is 20.5 Å². The Bertz CT molecular complexity index is 947. The van der Waals surface area contributed by atoms with Gasteiger partial charge in [-0.05, 0) is 59.1 Å². The van der Waals surface area contributed by atoms with E-state index in [2.05, 4.69) is 42.2 Å². The van der Waals surface area contributed by atoms with E-state index in [0.29, 0.717) is 41.9 Å². The van der Waals surface area contributed by atoms with Gasteiger partial charge in [0.2, 0.25) is 0 Å². The summed E-state index contributed by atoms with van der Waals surface area (Å²) in [4.78, 5) is 30.0. The molecule has 1 amide bonds. The van der Waals surface area contributed by atoms with Gasteiger partial charge in [-0.3, -0.25) is 9.59 Å². The maximum absolute atomic E-state index is 12.7. The van der Waals surface area contributed by atoms with Gasteiger partial charge in [0.15, 0.2) is 6.61 Å². The summed E-state index contributed by atoms with van der Waals surface area (Å²) in [5.41, 5.74) is -0.246. The van der Waals surface area contributed by atoms with E-state index in [0.717, 1.165) is 16.7 Å². The summed E-state index contributed by atoms with van der Waals surface area (Å²) in [6.45, 7) is 0.508. The molecule has 0 bridgehead atoms. The molecule has 1 saturated heterocycles. The number of nitrogens with zero attached hydrogens (tertiary/aromatic N) is 2. The zero-order chi connectivity index (χ0) is 22.6. The van der Waals surface area contributed by atoms with Gasteiger partial charge in [-0.25, -0.2) is 4.98 Å². The predicted molar refractivity (Wildman–Crippen MR) is 116 cm³/mol. The molecule has 1 aromatic heterocycles. The van der Waals surface area contributed by atoms with Gasteiger partial charge in [-0.1, -0.05) is 15.9 Å². The van der Waals surface area contributed by atoms with Crippen molar-refractivity contribution in [3.63, 3.8) is 0 Å². The molecular formula is C20H18Br2F3N3O3. The van der Waals surface area contributed by atoms with Gasteiger partial charge in [0.25, 0.3) is 5.91 Å². The molecular weight excluding hydrogens is 547 g/mol. The summed E-state index contributed by atoms with van der Waals surface area (Å²) in [6.07, 6.45) is -2.71. The average molecular weight is 565 g/mol. The van der Waals surface area contributed by atoms with Crippen LogP contribution >= 0.6 is 31.9 Å². The van der Waals surface area contributed by atoms with Crippen molar-refractivity contribution < 1.29 is 27.5 Å². The SMILES string of the molecule is O=C(COC(=O)C1CCN(c2ccc(C(F)(F)F)cn2)CC1)Nc1ccc(Br)cc1Br. The molecule has 1 N–H and O–H groups in total. The third-order valence-electron chi connectivity index (χ3n) is 4.78. The van der Waals surface area contributed by atoms with Crippen LogP contribution in [0.5, 0.6) is 0 Å². The number of pyridine rings is 1. The minimum atomic E-state index is -4.43. The van der Waals surface area contributed by atoms with Gasteiger partial charge in [-0.2, -0.15) is 13.2 Å². The number of carbonyl (C=O) groups is 2. The van der Waals surface area contributed by atoms with Gasteiger partial charge >= 0.3 is 12.1 Å². The van der Waals surface area contributed by atoms with Crippen LogP contribution in [0.4, 0.5) is 24.7 Å². The van der Waals surface area contributed by atoms with Crippen LogP contribution in [0.25, 0.3) is 0 Å².